The standard InChI is InChI=1S/C13H15N5O4S/c1-23(20,21)11-6-16-17-12(11)10-7-22-5-4-18(10)13(19)9-2-3-14-8-15-9/h2-3,6,8,10H,4-5,7H2,1H3,(H,16,17)/t10-/m0/s1. The van der Waals surface area contributed by atoms with E-state index in [1.54, 1.807) is 0 Å². The van der Waals surface area contributed by atoms with Crippen LogP contribution in [0.2, 0.25) is 0 Å². The molecule has 10 heteroatoms. The molecule has 0 unspecified atom stereocenters. The number of rotatable bonds is 3. The molecule has 0 bridgehead atoms. The Kier molecular flexibility index (Phi) is 4.09. The number of aromatic nitrogens is 4. The van der Waals surface area contributed by atoms with Crippen molar-refractivity contribution >= 4 is 15.7 Å². The summed E-state index contributed by atoms with van der Waals surface area (Å²) in [6.45, 7) is 0.882. The van der Waals surface area contributed by atoms with Crippen molar-refractivity contribution in [1.82, 2.24) is 25.1 Å². The Labute approximate surface area is 132 Å². The van der Waals surface area contributed by atoms with Crippen LogP contribution >= 0.6 is 0 Å². The van der Waals surface area contributed by atoms with Gasteiger partial charge in [-0.05, 0) is 6.07 Å². The van der Waals surface area contributed by atoms with Crippen molar-refractivity contribution in [3.8, 4) is 0 Å². The monoisotopic (exact) mass is 337 g/mol. The van der Waals surface area contributed by atoms with Gasteiger partial charge in [0.05, 0.1) is 31.1 Å². The number of carbonyl (C=O) groups is 1. The molecule has 23 heavy (non-hydrogen) atoms. The first-order valence-electron chi connectivity index (χ1n) is 6.86. The normalized spacial score (nSPS) is 18.8. The molecule has 2 aromatic heterocycles. The van der Waals surface area contributed by atoms with Gasteiger partial charge < -0.3 is 9.64 Å². The molecule has 3 heterocycles. The Hall–Kier alpha value is -2.33. The number of ether oxygens (including phenoxy) is 1. The number of nitrogens with zero attached hydrogens (tertiary/aromatic N) is 4. The van der Waals surface area contributed by atoms with Gasteiger partial charge in [0.2, 0.25) is 0 Å². The summed E-state index contributed by atoms with van der Waals surface area (Å²) in [5.41, 5.74) is 0.585. The summed E-state index contributed by atoms with van der Waals surface area (Å²) in [7, 11) is -3.47. The Morgan fingerprint density at radius 1 is 1.48 bits per heavy atom. The van der Waals surface area contributed by atoms with E-state index in [0.717, 1.165) is 6.26 Å². The van der Waals surface area contributed by atoms with Crippen LogP contribution in [0.3, 0.4) is 0 Å². The molecule has 0 saturated carbocycles. The summed E-state index contributed by atoms with van der Waals surface area (Å²) in [5, 5.41) is 6.49. The second-order valence-electron chi connectivity index (χ2n) is 5.10. The van der Waals surface area contributed by atoms with Crippen molar-refractivity contribution in [2.24, 2.45) is 0 Å². The molecule has 1 saturated heterocycles. The zero-order valence-electron chi connectivity index (χ0n) is 12.3. The molecule has 1 fully saturated rings. The number of morpholine rings is 1. The number of hydrogen-bond donors (Lipinski definition) is 1. The van der Waals surface area contributed by atoms with E-state index in [9.17, 15) is 13.2 Å². The van der Waals surface area contributed by atoms with E-state index >= 15 is 0 Å². The smallest absolute Gasteiger partial charge is 0.273 e. The van der Waals surface area contributed by atoms with Crippen molar-refractivity contribution in [3.05, 3.63) is 36.2 Å². The molecule has 0 aromatic carbocycles. The number of sulfone groups is 1. The summed E-state index contributed by atoms with van der Waals surface area (Å²) >= 11 is 0. The van der Waals surface area contributed by atoms with E-state index in [4.69, 9.17) is 4.74 Å². The van der Waals surface area contributed by atoms with Crippen LogP contribution < -0.4 is 0 Å². The van der Waals surface area contributed by atoms with Gasteiger partial charge in [-0.3, -0.25) is 9.89 Å². The van der Waals surface area contributed by atoms with Crippen LogP contribution in [-0.4, -0.2) is 65.4 Å². The second-order valence-corrected chi connectivity index (χ2v) is 7.09. The largest absolute Gasteiger partial charge is 0.377 e. The molecule has 3 rings (SSSR count). The fourth-order valence-corrected chi connectivity index (χ4v) is 3.29. The summed E-state index contributed by atoms with van der Waals surface area (Å²) in [6.07, 6.45) is 5.11. The molecule has 0 spiro atoms. The van der Waals surface area contributed by atoms with E-state index in [0.29, 0.717) is 18.8 Å². The highest BCUT2D eigenvalue weighted by molar-refractivity contribution is 7.90. The molecule has 1 N–H and O–H groups in total. The van der Waals surface area contributed by atoms with Gasteiger partial charge in [0, 0.05) is 19.0 Å². The highest BCUT2D eigenvalue weighted by Gasteiger charge is 2.34. The summed E-state index contributed by atoms with van der Waals surface area (Å²) < 4.78 is 29.2. The molecule has 0 aliphatic carbocycles. The average molecular weight is 337 g/mol. The lowest BCUT2D eigenvalue weighted by atomic mass is 10.1. The lowest BCUT2D eigenvalue weighted by molar-refractivity contribution is -0.00499. The zero-order chi connectivity index (χ0) is 16.4. The second kappa shape index (κ2) is 6.05. The highest BCUT2D eigenvalue weighted by atomic mass is 32.2. The third kappa shape index (κ3) is 3.08. The first-order chi connectivity index (χ1) is 11.0. The first-order valence-corrected chi connectivity index (χ1v) is 8.75. The maximum absolute atomic E-state index is 12.7. The molecule has 1 aliphatic heterocycles. The molecule has 0 radical (unpaired) electrons. The van der Waals surface area contributed by atoms with Gasteiger partial charge in [-0.15, -0.1) is 0 Å². The van der Waals surface area contributed by atoms with Gasteiger partial charge in [0.1, 0.15) is 16.9 Å². The molecule has 1 atom stereocenters. The third-order valence-corrected chi connectivity index (χ3v) is 4.68. The van der Waals surface area contributed by atoms with E-state index in [1.807, 2.05) is 0 Å². The van der Waals surface area contributed by atoms with Gasteiger partial charge in [0.25, 0.3) is 5.91 Å². The lowest BCUT2D eigenvalue weighted by Gasteiger charge is -2.35. The van der Waals surface area contributed by atoms with E-state index in [1.165, 1.54) is 29.7 Å². The van der Waals surface area contributed by atoms with Crippen LogP contribution in [0.25, 0.3) is 0 Å². The van der Waals surface area contributed by atoms with Crippen molar-refractivity contribution in [3.63, 3.8) is 0 Å². The molecule has 9 nitrogen and oxygen atoms in total. The predicted molar refractivity (Wildman–Crippen MR) is 78.3 cm³/mol. The van der Waals surface area contributed by atoms with Crippen LogP contribution in [0.4, 0.5) is 0 Å². The number of H-pyrrole nitrogens is 1. The van der Waals surface area contributed by atoms with Crippen LogP contribution in [0, 0.1) is 0 Å². The third-order valence-electron chi connectivity index (χ3n) is 3.56. The molecular formula is C13H15N5O4S. The maximum atomic E-state index is 12.7. The maximum Gasteiger partial charge on any atom is 0.273 e. The van der Waals surface area contributed by atoms with Crippen molar-refractivity contribution in [2.45, 2.75) is 10.9 Å². The molecule has 1 amide bonds. The van der Waals surface area contributed by atoms with Crippen LogP contribution in [0.5, 0.6) is 0 Å². The minimum atomic E-state index is -3.47. The average Bonchev–Trinajstić information content (AvgIpc) is 3.05. The first kappa shape index (κ1) is 15.6. The van der Waals surface area contributed by atoms with Gasteiger partial charge in [0.15, 0.2) is 9.84 Å². The van der Waals surface area contributed by atoms with Gasteiger partial charge >= 0.3 is 0 Å². The van der Waals surface area contributed by atoms with Gasteiger partial charge in [-0.25, -0.2) is 18.4 Å². The summed E-state index contributed by atoms with van der Waals surface area (Å²) in [6, 6.07) is 0.942. The molecule has 1 aliphatic rings. The Morgan fingerprint density at radius 2 is 2.30 bits per heavy atom. The lowest BCUT2D eigenvalue weighted by Crippen LogP contribution is -2.44. The van der Waals surface area contributed by atoms with Crippen molar-refractivity contribution in [2.75, 3.05) is 26.0 Å². The van der Waals surface area contributed by atoms with Crippen LogP contribution in [0.15, 0.2) is 29.7 Å². The Bertz CT molecular complexity index is 805. The van der Waals surface area contributed by atoms with Crippen LogP contribution in [0.1, 0.15) is 22.2 Å². The Balaban J connectivity index is 1.97. The van der Waals surface area contributed by atoms with E-state index in [2.05, 4.69) is 20.2 Å². The van der Waals surface area contributed by atoms with E-state index < -0.39 is 15.9 Å². The minimum Gasteiger partial charge on any atom is -0.377 e. The fraction of sp³-hybridized carbons (Fsp3) is 0.385. The minimum absolute atomic E-state index is 0.0634. The summed E-state index contributed by atoms with van der Waals surface area (Å²) in [4.78, 5) is 22.0. The van der Waals surface area contributed by atoms with Gasteiger partial charge in [-0.1, -0.05) is 0 Å². The van der Waals surface area contributed by atoms with E-state index in [-0.39, 0.29) is 23.1 Å². The number of nitrogens with one attached hydrogen (secondary N) is 1. The van der Waals surface area contributed by atoms with Crippen molar-refractivity contribution in [1.29, 1.82) is 0 Å². The number of carbonyl (C=O) groups excluding carboxylic acids is 1. The molecule has 122 valence electrons. The summed E-state index contributed by atoms with van der Waals surface area (Å²) in [5.74, 6) is -0.310. The molecular weight excluding hydrogens is 322 g/mol. The van der Waals surface area contributed by atoms with Crippen LogP contribution in [-0.2, 0) is 14.6 Å². The topological polar surface area (TPSA) is 118 Å². The molecule has 2 aromatic rings. The van der Waals surface area contributed by atoms with Crippen molar-refractivity contribution < 1.29 is 17.9 Å². The number of aromatic amines is 1. The fourth-order valence-electron chi connectivity index (χ4n) is 2.47. The predicted octanol–water partition coefficient (Wildman–Crippen LogP) is -0.183. The zero-order valence-corrected chi connectivity index (χ0v) is 13.2. The number of amides is 1. The SMILES string of the molecule is CS(=O)(=O)c1cn[nH]c1[C@@H]1COCCN1C(=O)c1ccncn1. The van der Waals surface area contributed by atoms with Gasteiger partial charge in [-0.2, -0.15) is 5.10 Å². The Morgan fingerprint density at radius 3 is 3.00 bits per heavy atom. The quantitative estimate of drug-likeness (QED) is 0.825. The number of hydrogen-bond acceptors (Lipinski definition) is 7. The highest BCUT2D eigenvalue weighted by Crippen LogP contribution is 2.28.